The Morgan fingerprint density at radius 3 is 2.72 bits per heavy atom. The van der Waals surface area contributed by atoms with Crippen molar-refractivity contribution < 1.29 is 5.11 Å². The maximum atomic E-state index is 9.34. The number of hydrogen-bond donors (Lipinski definition) is 3. The van der Waals surface area contributed by atoms with Crippen LogP contribution in [-0.4, -0.2) is 22.5 Å². The van der Waals surface area contributed by atoms with Gasteiger partial charge in [0.15, 0.2) is 0 Å². The first-order valence-electron chi connectivity index (χ1n) is 8.02. The van der Waals surface area contributed by atoms with E-state index in [4.69, 9.17) is 5.73 Å². The van der Waals surface area contributed by atoms with Crippen molar-refractivity contribution in [1.29, 1.82) is 0 Å². The first kappa shape index (κ1) is 17.1. The average Bonchev–Trinajstić information content (AvgIpc) is 3.15. The Morgan fingerprint density at radius 1 is 1.16 bits per heavy atom. The van der Waals surface area contributed by atoms with Gasteiger partial charge in [0.25, 0.3) is 0 Å². The molecule has 2 aromatic heterocycles. The Bertz CT molecular complexity index is 829. The smallest absolute Gasteiger partial charge is 0.210 e. The van der Waals surface area contributed by atoms with Gasteiger partial charge in [0, 0.05) is 18.8 Å². The van der Waals surface area contributed by atoms with E-state index in [2.05, 4.69) is 27.4 Å². The molecule has 2 heterocycles. The molecule has 0 aliphatic rings. The molecule has 0 saturated heterocycles. The Balaban J connectivity index is 1.48. The molecule has 3 aromatic rings. The number of hydrogen-bond acceptors (Lipinski definition) is 5. The molecule has 0 aliphatic carbocycles. The fraction of sp³-hybridized carbons (Fsp3) is 0.158. The minimum absolute atomic E-state index is 0.0530. The quantitative estimate of drug-likeness (QED) is 0.346. The zero-order valence-corrected chi connectivity index (χ0v) is 14.5. The summed E-state index contributed by atoms with van der Waals surface area (Å²) >= 11 is 1.58. The summed E-state index contributed by atoms with van der Waals surface area (Å²) in [4.78, 5) is 9.20. The van der Waals surface area contributed by atoms with Gasteiger partial charge in [-0.25, -0.2) is 9.98 Å². The lowest BCUT2D eigenvalue weighted by atomic mass is 10.1. The van der Waals surface area contributed by atoms with E-state index >= 15 is 0 Å². The van der Waals surface area contributed by atoms with Gasteiger partial charge in [-0.2, -0.15) is 0 Å². The zero-order chi connectivity index (χ0) is 17.5. The zero-order valence-electron chi connectivity index (χ0n) is 13.7. The minimum Gasteiger partial charge on any atom is -0.493 e. The molecule has 1 aromatic carbocycles. The van der Waals surface area contributed by atoms with E-state index in [0.717, 1.165) is 29.1 Å². The van der Waals surface area contributed by atoms with Crippen LogP contribution in [0.25, 0.3) is 0 Å². The second kappa shape index (κ2) is 8.41. The van der Waals surface area contributed by atoms with Crippen LogP contribution < -0.4 is 11.1 Å². The first-order chi connectivity index (χ1) is 12.2. The topological polar surface area (TPSA) is 83.5 Å². The predicted molar refractivity (Wildman–Crippen MR) is 102 cm³/mol. The normalized spacial score (nSPS) is 11.6. The van der Waals surface area contributed by atoms with Crippen molar-refractivity contribution in [1.82, 2.24) is 10.3 Å². The summed E-state index contributed by atoms with van der Waals surface area (Å²) in [6.07, 6.45) is 2.52. The van der Waals surface area contributed by atoms with Crippen LogP contribution in [0.3, 0.4) is 0 Å². The molecular formula is C19H20N4OS. The van der Waals surface area contributed by atoms with Crippen LogP contribution >= 0.6 is 11.3 Å². The van der Waals surface area contributed by atoms with Crippen LogP contribution in [-0.2, 0) is 13.0 Å². The summed E-state index contributed by atoms with van der Waals surface area (Å²) in [6, 6.07) is 15.6. The van der Waals surface area contributed by atoms with Gasteiger partial charge in [0.1, 0.15) is 5.84 Å². The molecule has 0 atom stereocenters. The maximum absolute atomic E-state index is 9.34. The number of nitrogens with two attached hydrogens (primary N) is 1. The van der Waals surface area contributed by atoms with E-state index in [-0.39, 0.29) is 5.88 Å². The van der Waals surface area contributed by atoms with Gasteiger partial charge >= 0.3 is 0 Å². The Morgan fingerprint density at radius 2 is 2.00 bits per heavy atom. The molecule has 5 nitrogen and oxygen atoms in total. The van der Waals surface area contributed by atoms with E-state index in [1.807, 2.05) is 35.7 Å². The Kier molecular flexibility index (Phi) is 5.77. The molecule has 0 spiro atoms. The summed E-state index contributed by atoms with van der Waals surface area (Å²) < 4.78 is 0. The van der Waals surface area contributed by atoms with Crippen LogP contribution in [0.5, 0.6) is 5.88 Å². The molecule has 25 heavy (non-hydrogen) atoms. The van der Waals surface area contributed by atoms with Gasteiger partial charge in [-0.1, -0.05) is 18.2 Å². The van der Waals surface area contributed by atoms with E-state index in [1.54, 1.807) is 23.6 Å². The van der Waals surface area contributed by atoms with E-state index in [9.17, 15) is 5.11 Å². The second-order valence-electron chi connectivity index (χ2n) is 5.59. The molecule has 4 N–H and O–H groups in total. The number of nitrogens with zero attached hydrogens (tertiary/aromatic N) is 2. The third-order valence-corrected chi connectivity index (χ3v) is 4.58. The lowest BCUT2D eigenvalue weighted by Gasteiger charge is -2.06. The van der Waals surface area contributed by atoms with Crippen LogP contribution in [0, 0.1) is 0 Å². The van der Waals surface area contributed by atoms with Crippen molar-refractivity contribution in [2.24, 2.45) is 10.7 Å². The first-order valence-corrected chi connectivity index (χ1v) is 8.90. The number of benzene rings is 1. The molecule has 0 unspecified atom stereocenters. The van der Waals surface area contributed by atoms with E-state index in [0.29, 0.717) is 12.4 Å². The maximum Gasteiger partial charge on any atom is 0.210 e. The van der Waals surface area contributed by atoms with E-state index in [1.165, 1.54) is 5.56 Å². The number of aliphatic imine (C=N–C) groups is 1. The summed E-state index contributed by atoms with van der Waals surface area (Å²) in [5.74, 6) is 0.599. The van der Waals surface area contributed by atoms with Crippen molar-refractivity contribution >= 4 is 22.9 Å². The molecule has 0 bridgehead atoms. The molecule has 0 saturated carbocycles. The summed E-state index contributed by atoms with van der Waals surface area (Å²) in [6.45, 7) is 1.55. The Labute approximate surface area is 150 Å². The van der Waals surface area contributed by atoms with Crippen molar-refractivity contribution in [3.63, 3.8) is 0 Å². The highest BCUT2D eigenvalue weighted by atomic mass is 32.1. The standard InChI is InChI=1S/C19H20N4OS/c20-19(17-2-1-11-25-17)23-16-5-3-14(4-6-16)7-9-21-13-15-8-10-22-18(24)12-15/h1-6,8,10-12,21H,7,9,13H2,(H2,20,23)(H,22,24). The number of aromatic nitrogens is 1. The fourth-order valence-corrected chi connectivity index (χ4v) is 3.02. The predicted octanol–water partition coefficient (Wildman–Crippen LogP) is 3.22. The number of thiophene rings is 1. The van der Waals surface area contributed by atoms with Gasteiger partial charge in [-0.3, -0.25) is 0 Å². The largest absolute Gasteiger partial charge is 0.493 e. The lowest BCUT2D eigenvalue weighted by molar-refractivity contribution is 0.452. The van der Waals surface area contributed by atoms with Gasteiger partial charge in [0.05, 0.1) is 10.6 Å². The molecule has 128 valence electrons. The molecule has 0 fully saturated rings. The molecule has 0 aliphatic heterocycles. The van der Waals surface area contributed by atoms with Crippen LogP contribution in [0.15, 0.2) is 65.1 Å². The summed E-state index contributed by atoms with van der Waals surface area (Å²) in [7, 11) is 0. The van der Waals surface area contributed by atoms with Gasteiger partial charge in [0.2, 0.25) is 5.88 Å². The molecule has 0 amide bonds. The summed E-state index contributed by atoms with van der Waals surface area (Å²) in [5, 5.41) is 14.7. The minimum atomic E-state index is 0.0530. The molecule has 3 rings (SSSR count). The Hall–Kier alpha value is -2.70. The van der Waals surface area contributed by atoms with Crippen molar-refractivity contribution in [2.45, 2.75) is 13.0 Å². The van der Waals surface area contributed by atoms with Crippen LogP contribution in [0.1, 0.15) is 16.0 Å². The third-order valence-electron chi connectivity index (χ3n) is 3.69. The number of rotatable bonds is 7. The average molecular weight is 352 g/mol. The molecular weight excluding hydrogens is 332 g/mol. The second-order valence-corrected chi connectivity index (χ2v) is 6.54. The monoisotopic (exact) mass is 352 g/mol. The third kappa shape index (κ3) is 5.14. The number of pyridine rings is 1. The van der Waals surface area contributed by atoms with Crippen LogP contribution in [0.4, 0.5) is 5.69 Å². The van der Waals surface area contributed by atoms with Crippen molar-refractivity contribution in [3.05, 3.63) is 76.1 Å². The van der Waals surface area contributed by atoms with Crippen LogP contribution in [0.2, 0.25) is 0 Å². The number of aromatic hydroxyl groups is 1. The molecule has 6 heteroatoms. The lowest BCUT2D eigenvalue weighted by Crippen LogP contribution is -2.16. The number of nitrogens with one attached hydrogen (secondary N) is 1. The van der Waals surface area contributed by atoms with Gasteiger partial charge in [-0.15, -0.1) is 11.3 Å². The number of amidine groups is 1. The highest BCUT2D eigenvalue weighted by molar-refractivity contribution is 7.12. The fourth-order valence-electron chi connectivity index (χ4n) is 2.39. The van der Waals surface area contributed by atoms with Crippen molar-refractivity contribution in [3.8, 4) is 5.88 Å². The highest BCUT2D eigenvalue weighted by Crippen LogP contribution is 2.16. The van der Waals surface area contributed by atoms with E-state index < -0.39 is 0 Å². The van der Waals surface area contributed by atoms with Gasteiger partial charge in [-0.05, 0) is 53.7 Å². The van der Waals surface area contributed by atoms with Gasteiger partial charge < -0.3 is 16.2 Å². The summed E-state index contributed by atoms with van der Waals surface area (Å²) in [5.41, 5.74) is 9.11. The van der Waals surface area contributed by atoms with Crippen molar-refractivity contribution in [2.75, 3.05) is 6.54 Å². The molecule has 0 radical (unpaired) electrons. The highest BCUT2D eigenvalue weighted by Gasteiger charge is 2.00. The SMILES string of the molecule is NC(=Nc1ccc(CCNCc2ccnc(O)c2)cc1)c1cccs1.